The number of rotatable bonds is 6. The summed E-state index contributed by atoms with van der Waals surface area (Å²) in [6.07, 6.45) is 0. The number of aliphatic imine (C=N–C) groups is 2. The molecule has 0 saturated heterocycles. The van der Waals surface area contributed by atoms with Crippen LogP contribution in [0.1, 0.15) is 23.6 Å². The minimum absolute atomic E-state index is 0.575. The standard InChI is InChI=1S/C49H34N2O/c1-32(34-24-26-37(27-25-34)35-14-5-3-6-15-35)50-49(51-33(2)40-23-13-19-38-18-9-10-20-41(38)40)44-31-47-48(43-22-12-11-21-42(43)44)45-30-39(28-29-46(45)52-47)36-16-7-4-8-17-36/h3-31H,2H2,1H3/b50-32+,51-49-. The summed E-state index contributed by atoms with van der Waals surface area (Å²) in [7, 11) is 0. The van der Waals surface area contributed by atoms with E-state index in [0.29, 0.717) is 11.5 Å². The van der Waals surface area contributed by atoms with Crippen molar-refractivity contribution in [1.29, 1.82) is 0 Å². The minimum Gasteiger partial charge on any atom is -0.456 e. The van der Waals surface area contributed by atoms with Crippen LogP contribution >= 0.6 is 0 Å². The number of furan rings is 1. The van der Waals surface area contributed by atoms with Crippen LogP contribution in [0.5, 0.6) is 0 Å². The summed E-state index contributed by atoms with van der Waals surface area (Å²) in [5.41, 5.74) is 10.7. The molecule has 0 spiro atoms. The zero-order valence-electron chi connectivity index (χ0n) is 28.8. The lowest BCUT2D eigenvalue weighted by Crippen LogP contribution is -2.05. The fourth-order valence-corrected chi connectivity index (χ4v) is 7.20. The average molecular weight is 667 g/mol. The Labute approximate surface area is 302 Å². The SMILES string of the molecule is C=C(/N=C(\N=C(/C)c1ccc(-c2ccccc2)cc1)c1cc2oc3ccc(-c4ccccc4)cc3c2c2ccccc12)c1cccc2ccccc12. The van der Waals surface area contributed by atoms with Gasteiger partial charge in [0.25, 0.3) is 0 Å². The van der Waals surface area contributed by atoms with Gasteiger partial charge in [0.1, 0.15) is 11.2 Å². The first kappa shape index (κ1) is 31.2. The minimum atomic E-state index is 0.575. The van der Waals surface area contributed by atoms with Gasteiger partial charge in [-0.1, -0.05) is 164 Å². The van der Waals surface area contributed by atoms with Crippen LogP contribution < -0.4 is 0 Å². The van der Waals surface area contributed by atoms with Gasteiger partial charge in [-0.05, 0) is 74.5 Å². The van der Waals surface area contributed by atoms with Crippen molar-refractivity contribution in [3.8, 4) is 22.3 Å². The summed E-state index contributed by atoms with van der Waals surface area (Å²) in [4.78, 5) is 10.5. The highest BCUT2D eigenvalue weighted by atomic mass is 16.3. The van der Waals surface area contributed by atoms with Crippen LogP contribution in [0.25, 0.3) is 71.4 Å². The molecule has 0 N–H and O–H groups in total. The normalized spacial score (nSPS) is 12.2. The van der Waals surface area contributed by atoms with Gasteiger partial charge in [-0.3, -0.25) is 0 Å². The van der Waals surface area contributed by atoms with E-state index in [-0.39, 0.29) is 0 Å². The molecule has 9 aromatic rings. The van der Waals surface area contributed by atoms with E-state index in [1.54, 1.807) is 0 Å². The molecule has 9 rings (SSSR count). The molecule has 0 unspecified atom stereocenters. The van der Waals surface area contributed by atoms with Gasteiger partial charge in [-0.25, -0.2) is 9.98 Å². The molecule has 0 radical (unpaired) electrons. The molecule has 0 saturated carbocycles. The van der Waals surface area contributed by atoms with Crippen molar-refractivity contribution in [3.05, 3.63) is 199 Å². The molecule has 0 fully saturated rings. The van der Waals surface area contributed by atoms with Gasteiger partial charge in [-0.15, -0.1) is 0 Å². The summed E-state index contributed by atoms with van der Waals surface area (Å²) >= 11 is 0. The number of hydrogen-bond donors (Lipinski definition) is 0. The predicted molar refractivity (Wildman–Crippen MR) is 220 cm³/mol. The maximum atomic E-state index is 6.61. The third-order valence-electron chi connectivity index (χ3n) is 9.85. The molecule has 1 aromatic heterocycles. The van der Waals surface area contributed by atoms with Crippen LogP contribution in [0.2, 0.25) is 0 Å². The van der Waals surface area contributed by atoms with Crippen LogP contribution in [0.4, 0.5) is 0 Å². The van der Waals surface area contributed by atoms with Gasteiger partial charge in [0.05, 0.1) is 5.70 Å². The lowest BCUT2D eigenvalue weighted by atomic mass is 9.96. The molecule has 0 atom stereocenters. The second-order valence-corrected chi connectivity index (χ2v) is 13.1. The van der Waals surface area contributed by atoms with Crippen molar-refractivity contribution in [2.45, 2.75) is 6.92 Å². The fraction of sp³-hybridized carbons (Fsp3) is 0.0204. The molecule has 0 aliphatic carbocycles. The second kappa shape index (κ2) is 13.1. The van der Waals surface area contributed by atoms with Crippen molar-refractivity contribution in [1.82, 2.24) is 0 Å². The second-order valence-electron chi connectivity index (χ2n) is 13.1. The van der Waals surface area contributed by atoms with Crippen LogP contribution in [0.15, 0.2) is 197 Å². The van der Waals surface area contributed by atoms with Crippen molar-refractivity contribution in [3.63, 3.8) is 0 Å². The summed E-state index contributed by atoms with van der Waals surface area (Å²) in [5, 5.41) is 6.53. The summed E-state index contributed by atoms with van der Waals surface area (Å²) in [5.74, 6) is 0.575. The van der Waals surface area contributed by atoms with E-state index >= 15 is 0 Å². The van der Waals surface area contributed by atoms with E-state index in [2.05, 4.69) is 170 Å². The highest BCUT2D eigenvalue weighted by Crippen LogP contribution is 2.39. The molecule has 3 nitrogen and oxygen atoms in total. The van der Waals surface area contributed by atoms with E-state index in [0.717, 1.165) is 77.0 Å². The topological polar surface area (TPSA) is 37.9 Å². The van der Waals surface area contributed by atoms with Crippen molar-refractivity contribution in [2.75, 3.05) is 0 Å². The predicted octanol–water partition coefficient (Wildman–Crippen LogP) is 13.2. The molecule has 8 aromatic carbocycles. The molecule has 246 valence electrons. The van der Waals surface area contributed by atoms with Crippen LogP contribution in [0, 0.1) is 0 Å². The maximum absolute atomic E-state index is 6.61. The van der Waals surface area contributed by atoms with Gasteiger partial charge in [-0.2, -0.15) is 0 Å². The van der Waals surface area contributed by atoms with Crippen LogP contribution in [-0.4, -0.2) is 11.5 Å². The fourth-order valence-electron chi connectivity index (χ4n) is 7.20. The number of benzene rings is 8. The summed E-state index contributed by atoms with van der Waals surface area (Å²) < 4.78 is 6.61. The zero-order valence-corrected chi connectivity index (χ0v) is 28.8. The quantitative estimate of drug-likeness (QED) is 0.129. The number of hydrogen-bond acceptors (Lipinski definition) is 2. The maximum Gasteiger partial charge on any atom is 0.160 e. The summed E-state index contributed by atoms with van der Waals surface area (Å²) in [6.45, 7) is 6.54. The Bertz CT molecular complexity index is 2840. The van der Waals surface area contributed by atoms with Crippen molar-refractivity contribution in [2.24, 2.45) is 9.98 Å². The average Bonchev–Trinajstić information content (AvgIpc) is 3.59. The van der Waals surface area contributed by atoms with Gasteiger partial charge in [0, 0.05) is 27.6 Å². The van der Waals surface area contributed by atoms with Crippen molar-refractivity contribution >= 4 is 60.7 Å². The van der Waals surface area contributed by atoms with Gasteiger partial charge in [0.2, 0.25) is 0 Å². The zero-order chi connectivity index (χ0) is 35.0. The first-order valence-corrected chi connectivity index (χ1v) is 17.5. The largest absolute Gasteiger partial charge is 0.456 e. The lowest BCUT2D eigenvalue weighted by Gasteiger charge is -2.12. The molecule has 52 heavy (non-hydrogen) atoms. The van der Waals surface area contributed by atoms with Crippen LogP contribution in [0.3, 0.4) is 0 Å². The third kappa shape index (κ3) is 5.69. The molecular weight excluding hydrogens is 633 g/mol. The van der Waals surface area contributed by atoms with Crippen LogP contribution in [-0.2, 0) is 0 Å². The number of nitrogens with zero attached hydrogens (tertiary/aromatic N) is 2. The summed E-state index contributed by atoms with van der Waals surface area (Å²) in [6, 6.07) is 61.0. The molecule has 0 bridgehead atoms. The highest BCUT2D eigenvalue weighted by molar-refractivity contribution is 6.26. The Hall–Kier alpha value is -6.84. The lowest BCUT2D eigenvalue weighted by molar-refractivity contribution is 0.669. The third-order valence-corrected chi connectivity index (χ3v) is 9.85. The van der Waals surface area contributed by atoms with Crippen molar-refractivity contribution < 1.29 is 4.42 Å². The van der Waals surface area contributed by atoms with E-state index in [9.17, 15) is 0 Å². The Morgan fingerprint density at radius 1 is 0.462 bits per heavy atom. The molecule has 0 amide bonds. The molecule has 0 aliphatic heterocycles. The van der Waals surface area contributed by atoms with Gasteiger partial charge < -0.3 is 4.42 Å². The van der Waals surface area contributed by atoms with Gasteiger partial charge in [0.15, 0.2) is 5.84 Å². The number of amidine groups is 1. The first-order valence-electron chi connectivity index (χ1n) is 17.5. The highest BCUT2D eigenvalue weighted by Gasteiger charge is 2.19. The smallest absolute Gasteiger partial charge is 0.160 e. The van der Waals surface area contributed by atoms with E-state index < -0.39 is 0 Å². The van der Waals surface area contributed by atoms with E-state index in [1.807, 2.05) is 19.1 Å². The Morgan fingerprint density at radius 2 is 1.06 bits per heavy atom. The Kier molecular flexibility index (Phi) is 7.87. The number of fused-ring (bicyclic) bond motifs is 6. The Balaban J connectivity index is 1.24. The molecule has 0 aliphatic rings. The molecule has 1 heterocycles. The van der Waals surface area contributed by atoms with E-state index in [1.165, 1.54) is 11.1 Å². The monoisotopic (exact) mass is 666 g/mol. The molecular formula is C49H34N2O. The van der Waals surface area contributed by atoms with Gasteiger partial charge >= 0.3 is 0 Å². The molecule has 3 heteroatoms. The first-order chi connectivity index (χ1) is 25.6. The Morgan fingerprint density at radius 3 is 1.81 bits per heavy atom. The van der Waals surface area contributed by atoms with E-state index in [4.69, 9.17) is 14.4 Å².